The molecule has 0 saturated heterocycles. The molecule has 5 heteroatoms. The largest absolute Gasteiger partial charge is 0.487 e. The fourth-order valence-corrected chi connectivity index (χ4v) is 2.01. The Kier molecular flexibility index (Phi) is 4.02. The van der Waals surface area contributed by atoms with Gasteiger partial charge in [0.15, 0.2) is 5.75 Å². The summed E-state index contributed by atoms with van der Waals surface area (Å²) in [5.74, 6) is 1.08. The molecule has 5 nitrogen and oxygen atoms in total. The van der Waals surface area contributed by atoms with Crippen molar-refractivity contribution in [1.29, 1.82) is 0 Å². The Morgan fingerprint density at radius 1 is 1.50 bits per heavy atom. The van der Waals surface area contributed by atoms with Gasteiger partial charge < -0.3 is 10.1 Å². The summed E-state index contributed by atoms with van der Waals surface area (Å²) in [4.78, 5) is 10.4. The van der Waals surface area contributed by atoms with Crippen molar-refractivity contribution < 1.29 is 9.66 Å². The van der Waals surface area contributed by atoms with Crippen LogP contribution in [-0.4, -0.2) is 18.1 Å². The van der Waals surface area contributed by atoms with Gasteiger partial charge in [0, 0.05) is 24.4 Å². The van der Waals surface area contributed by atoms with E-state index in [2.05, 4.69) is 5.32 Å². The SMILES string of the molecule is CCOc1cc(NCC2CCC2)ccc1[N+](=O)[O-]. The van der Waals surface area contributed by atoms with Crippen LogP contribution in [0.5, 0.6) is 5.75 Å². The van der Waals surface area contributed by atoms with Gasteiger partial charge in [-0.2, -0.15) is 0 Å². The lowest BCUT2D eigenvalue weighted by molar-refractivity contribution is -0.385. The molecule has 0 aliphatic heterocycles. The number of hydrogen-bond acceptors (Lipinski definition) is 4. The molecule has 1 aliphatic carbocycles. The molecule has 0 bridgehead atoms. The van der Waals surface area contributed by atoms with Crippen molar-refractivity contribution >= 4 is 11.4 Å². The summed E-state index contributed by atoms with van der Waals surface area (Å²) < 4.78 is 5.30. The van der Waals surface area contributed by atoms with Gasteiger partial charge in [-0.15, -0.1) is 0 Å². The Morgan fingerprint density at radius 3 is 2.83 bits per heavy atom. The Hall–Kier alpha value is -1.78. The minimum atomic E-state index is -0.416. The lowest BCUT2D eigenvalue weighted by atomic mass is 9.85. The first kappa shape index (κ1) is 12.7. The molecule has 2 rings (SSSR count). The molecule has 0 spiro atoms. The maximum absolute atomic E-state index is 10.8. The van der Waals surface area contributed by atoms with Crippen LogP contribution in [0.15, 0.2) is 18.2 Å². The smallest absolute Gasteiger partial charge is 0.311 e. The van der Waals surface area contributed by atoms with Gasteiger partial charge in [-0.3, -0.25) is 10.1 Å². The third kappa shape index (κ3) is 2.91. The third-order valence-electron chi connectivity index (χ3n) is 3.28. The minimum Gasteiger partial charge on any atom is -0.487 e. The lowest BCUT2D eigenvalue weighted by Gasteiger charge is -2.25. The van der Waals surface area contributed by atoms with Crippen molar-refractivity contribution in [2.45, 2.75) is 26.2 Å². The van der Waals surface area contributed by atoms with Crippen molar-refractivity contribution in [2.75, 3.05) is 18.5 Å². The second kappa shape index (κ2) is 5.71. The quantitative estimate of drug-likeness (QED) is 0.622. The van der Waals surface area contributed by atoms with E-state index < -0.39 is 4.92 Å². The van der Waals surface area contributed by atoms with Crippen molar-refractivity contribution in [3.63, 3.8) is 0 Å². The Morgan fingerprint density at radius 2 is 2.28 bits per heavy atom. The van der Waals surface area contributed by atoms with Gasteiger partial charge in [-0.25, -0.2) is 0 Å². The molecule has 18 heavy (non-hydrogen) atoms. The highest BCUT2D eigenvalue weighted by molar-refractivity contribution is 5.58. The summed E-state index contributed by atoms with van der Waals surface area (Å²) in [6, 6.07) is 4.94. The Bertz CT molecular complexity index is 430. The number of anilines is 1. The summed E-state index contributed by atoms with van der Waals surface area (Å²) in [5, 5.41) is 14.1. The molecule has 1 aromatic rings. The zero-order valence-corrected chi connectivity index (χ0v) is 10.5. The number of nitrogens with zero attached hydrogens (tertiary/aromatic N) is 1. The van der Waals surface area contributed by atoms with E-state index >= 15 is 0 Å². The molecule has 1 aliphatic rings. The average Bonchev–Trinajstić information content (AvgIpc) is 2.27. The van der Waals surface area contributed by atoms with Crippen LogP contribution in [0.4, 0.5) is 11.4 Å². The maximum atomic E-state index is 10.8. The zero-order chi connectivity index (χ0) is 13.0. The first-order valence-corrected chi connectivity index (χ1v) is 6.35. The highest BCUT2D eigenvalue weighted by Gasteiger charge is 2.18. The van der Waals surface area contributed by atoms with Gasteiger partial charge in [0.2, 0.25) is 0 Å². The van der Waals surface area contributed by atoms with Crippen molar-refractivity contribution in [2.24, 2.45) is 5.92 Å². The molecule has 0 heterocycles. The van der Waals surface area contributed by atoms with Crippen LogP contribution in [0.2, 0.25) is 0 Å². The summed E-state index contributed by atoms with van der Waals surface area (Å²) in [7, 11) is 0. The highest BCUT2D eigenvalue weighted by Crippen LogP contribution is 2.31. The fraction of sp³-hybridized carbons (Fsp3) is 0.538. The van der Waals surface area contributed by atoms with Gasteiger partial charge in [-0.1, -0.05) is 6.42 Å². The van der Waals surface area contributed by atoms with E-state index in [0.717, 1.165) is 18.2 Å². The zero-order valence-electron chi connectivity index (χ0n) is 10.5. The number of nitro groups is 1. The monoisotopic (exact) mass is 250 g/mol. The molecule has 0 aromatic heterocycles. The third-order valence-corrected chi connectivity index (χ3v) is 3.28. The van der Waals surface area contributed by atoms with Gasteiger partial charge in [-0.05, 0) is 31.7 Å². The molecule has 98 valence electrons. The first-order chi connectivity index (χ1) is 8.70. The Labute approximate surface area is 106 Å². The van der Waals surface area contributed by atoms with Crippen LogP contribution in [0.25, 0.3) is 0 Å². The summed E-state index contributed by atoms with van der Waals surface area (Å²) in [6.07, 6.45) is 3.87. The van der Waals surface area contributed by atoms with Gasteiger partial charge in [0.05, 0.1) is 11.5 Å². The Balaban J connectivity index is 2.06. The standard InChI is InChI=1S/C13H18N2O3/c1-2-18-13-8-11(6-7-12(13)15(16)17)14-9-10-4-3-5-10/h6-8,10,14H,2-5,9H2,1H3. The second-order valence-electron chi connectivity index (χ2n) is 4.55. The predicted molar refractivity (Wildman–Crippen MR) is 70.1 cm³/mol. The maximum Gasteiger partial charge on any atom is 0.311 e. The van der Waals surface area contributed by atoms with Gasteiger partial charge in [0.25, 0.3) is 0 Å². The van der Waals surface area contributed by atoms with Crippen LogP contribution in [0, 0.1) is 16.0 Å². The van der Waals surface area contributed by atoms with E-state index in [1.165, 1.54) is 25.3 Å². The molecular weight excluding hydrogens is 232 g/mol. The van der Waals surface area contributed by atoms with Crippen LogP contribution in [0.3, 0.4) is 0 Å². The summed E-state index contributed by atoms with van der Waals surface area (Å²) in [5.41, 5.74) is 0.905. The summed E-state index contributed by atoms with van der Waals surface area (Å²) in [6.45, 7) is 3.18. The number of benzene rings is 1. The number of rotatable bonds is 6. The molecule has 0 amide bonds. The molecule has 1 saturated carbocycles. The van der Waals surface area contributed by atoms with E-state index in [1.807, 2.05) is 6.92 Å². The molecular formula is C13H18N2O3. The van der Waals surface area contributed by atoms with Crippen LogP contribution in [-0.2, 0) is 0 Å². The number of nitro benzene ring substituents is 1. The molecule has 1 aromatic carbocycles. The average molecular weight is 250 g/mol. The molecule has 0 atom stereocenters. The highest BCUT2D eigenvalue weighted by atomic mass is 16.6. The van der Waals surface area contributed by atoms with E-state index in [0.29, 0.717) is 12.4 Å². The normalized spacial score (nSPS) is 14.9. The summed E-state index contributed by atoms with van der Waals surface area (Å²) >= 11 is 0. The fourth-order valence-electron chi connectivity index (χ4n) is 2.01. The first-order valence-electron chi connectivity index (χ1n) is 6.35. The lowest BCUT2D eigenvalue weighted by Crippen LogP contribution is -2.20. The van der Waals surface area contributed by atoms with Crippen molar-refractivity contribution in [3.8, 4) is 5.75 Å². The van der Waals surface area contributed by atoms with E-state index in [1.54, 1.807) is 12.1 Å². The van der Waals surface area contributed by atoms with Gasteiger partial charge in [0.1, 0.15) is 0 Å². The molecule has 0 radical (unpaired) electrons. The number of nitrogens with one attached hydrogen (secondary N) is 1. The number of hydrogen-bond donors (Lipinski definition) is 1. The van der Waals surface area contributed by atoms with Crippen LogP contribution in [0.1, 0.15) is 26.2 Å². The van der Waals surface area contributed by atoms with Gasteiger partial charge >= 0.3 is 5.69 Å². The molecule has 1 N–H and O–H groups in total. The minimum absolute atomic E-state index is 0.0195. The second-order valence-corrected chi connectivity index (χ2v) is 4.55. The van der Waals surface area contributed by atoms with E-state index in [-0.39, 0.29) is 5.69 Å². The van der Waals surface area contributed by atoms with E-state index in [4.69, 9.17) is 4.74 Å². The molecule has 1 fully saturated rings. The molecule has 0 unspecified atom stereocenters. The number of ether oxygens (including phenoxy) is 1. The van der Waals surface area contributed by atoms with E-state index in [9.17, 15) is 10.1 Å². The topological polar surface area (TPSA) is 64.4 Å². The predicted octanol–water partition coefficient (Wildman–Crippen LogP) is 3.21. The van der Waals surface area contributed by atoms with Crippen LogP contribution < -0.4 is 10.1 Å². The van der Waals surface area contributed by atoms with Crippen LogP contribution >= 0.6 is 0 Å². The van der Waals surface area contributed by atoms with Crippen molar-refractivity contribution in [1.82, 2.24) is 0 Å². The van der Waals surface area contributed by atoms with Crippen molar-refractivity contribution in [3.05, 3.63) is 28.3 Å².